The van der Waals surface area contributed by atoms with Gasteiger partial charge in [0.15, 0.2) is 0 Å². The third-order valence-corrected chi connectivity index (χ3v) is 15.7. The number of phenols is 1. The first kappa shape index (κ1) is 77.5. The maximum atomic E-state index is 15.0. The van der Waals surface area contributed by atoms with E-state index in [1.165, 1.54) is 59.4 Å². The number of aliphatic hydroxyl groups excluding tert-OH is 1. The number of nitrogens with one attached hydrogen (secondary N) is 7. The smallest absolute Gasteiger partial charge is 0.303 e. The number of primary amides is 1. The Kier molecular flexibility index (Phi) is 31.3. The van der Waals surface area contributed by atoms with Crippen molar-refractivity contribution in [3.8, 4) is 5.75 Å². The van der Waals surface area contributed by atoms with E-state index in [1.807, 2.05) is 0 Å². The van der Waals surface area contributed by atoms with Gasteiger partial charge in [0.05, 0.1) is 25.7 Å². The molecule has 0 aromatic heterocycles. The van der Waals surface area contributed by atoms with Crippen molar-refractivity contribution in [3.05, 3.63) is 138 Å². The number of nitrogens with zero attached hydrogens (tertiary/aromatic N) is 4. The van der Waals surface area contributed by atoms with E-state index in [2.05, 4.69) is 49.8 Å². The number of carbonyl (C=O) groups is 13. The highest BCUT2D eigenvalue weighted by molar-refractivity contribution is 7.80. The van der Waals surface area contributed by atoms with Crippen molar-refractivity contribution in [3.63, 3.8) is 0 Å². The Morgan fingerprint density at radius 1 is 0.484 bits per heavy atom. The van der Waals surface area contributed by atoms with E-state index >= 15 is 4.79 Å². The summed E-state index contributed by atoms with van der Waals surface area (Å²) < 4.78 is 0. The highest BCUT2D eigenvalue weighted by atomic mass is 32.1. The van der Waals surface area contributed by atoms with Crippen LogP contribution in [0, 0.1) is 5.92 Å². The quantitative estimate of drug-likeness (QED) is 0.0241. The van der Waals surface area contributed by atoms with Gasteiger partial charge in [-0.05, 0) is 53.6 Å². The van der Waals surface area contributed by atoms with Crippen molar-refractivity contribution >= 4 is 89.5 Å². The zero-order chi connectivity index (χ0) is 70.6. The van der Waals surface area contributed by atoms with Crippen molar-refractivity contribution in [1.82, 2.24) is 56.8 Å². The Bertz CT molecular complexity index is 3290. The minimum atomic E-state index is -1.72. The Hall–Kier alpha value is -9.90. The summed E-state index contributed by atoms with van der Waals surface area (Å²) >= 11 is 4.17. The number of amides is 12. The van der Waals surface area contributed by atoms with Crippen LogP contribution in [-0.4, -0.2) is 220 Å². The van der Waals surface area contributed by atoms with Crippen molar-refractivity contribution in [1.29, 1.82) is 0 Å². The zero-order valence-electron chi connectivity index (χ0n) is 54.5. The molecule has 4 aromatic carbocycles. The molecule has 95 heavy (non-hydrogen) atoms. The number of carbonyl (C=O) groups excluding carboxylic acids is 12. The number of likely N-dealkylation sites (N-methyl/N-ethyl adjacent to an activating group) is 4. The van der Waals surface area contributed by atoms with E-state index in [4.69, 9.17) is 5.73 Å². The normalized spacial score (nSPS) is 13.8. The van der Waals surface area contributed by atoms with Crippen LogP contribution in [-0.2, 0) is 88.0 Å². The monoisotopic (exact) mass is 1340 g/mol. The van der Waals surface area contributed by atoms with E-state index in [-0.39, 0.29) is 43.6 Å². The molecule has 514 valence electrons. The lowest BCUT2D eigenvalue weighted by atomic mass is 10.00. The number of nitrogens with two attached hydrogens (primary N) is 1. The van der Waals surface area contributed by atoms with Crippen molar-refractivity contribution < 1.29 is 77.6 Å². The van der Waals surface area contributed by atoms with Gasteiger partial charge in [-0.1, -0.05) is 124 Å². The predicted molar refractivity (Wildman–Crippen MR) is 352 cm³/mol. The molecule has 12 amide bonds. The number of aromatic hydroxyl groups is 1. The fraction of sp³-hybridized carbons (Fsp3) is 0.439. The topological polar surface area (TPSA) is 406 Å². The SMILES string of the molecule is CCC(=O)N[C@@H](Cc1ccccc1)C(=O)N[C@H](C(=O)N[C@@H](CCC(=O)O)C(=O)N(C)CC(=O)N[C@@H](Cc1ccc(O)cc1)C(=O)N(C)[C@@H](Cc1ccccc1)C(=O)N(C)CC(=O)N[C@H](C(=O)N(C)[C@@H](Cc1ccccc1)C(=O)N[C@@H](CS)C(=O)NCC(N)=O)[C@@H](C)O)C(C)C. The van der Waals surface area contributed by atoms with Crippen molar-refractivity contribution in [2.75, 3.05) is 53.6 Å². The van der Waals surface area contributed by atoms with Crippen LogP contribution < -0.4 is 43.0 Å². The van der Waals surface area contributed by atoms with Crippen molar-refractivity contribution in [2.45, 2.75) is 127 Å². The van der Waals surface area contributed by atoms with Crippen LogP contribution in [0.2, 0.25) is 0 Å². The van der Waals surface area contributed by atoms with Crippen LogP contribution in [0.15, 0.2) is 115 Å². The van der Waals surface area contributed by atoms with Crippen LogP contribution in [0.4, 0.5) is 0 Å². The third-order valence-electron chi connectivity index (χ3n) is 15.4. The molecular weight excluding hydrogens is 1250 g/mol. The van der Waals surface area contributed by atoms with Crippen LogP contribution in [0.1, 0.15) is 69.2 Å². The molecule has 0 aliphatic heterocycles. The molecule has 0 radical (unpaired) electrons. The first-order chi connectivity index (χ1) is 44.9. The molecule has 28 nitrogen and oxygen atoms in total. The average Bonchev–Trinajstić information content (AvgIpc) is 0.844. The van der Waals surface area contributed by atoms with Gasteiger partial charge in [-0.3, -0.25) is 62.3 Å². The Balaban J connectivity index is 1.59. The summed E-state index contributed by atoms with van der Waals surface area (Å²) in [5, 5.41) is 48.6. The number of aliphatic carboxylic acids is 1. The summed E-state index contributed by atoms with van der Waals surface area (Å²) in [6.45, 7) is 4.02. The summed E-state index contributed by atoms with van der Waals surface area (Å²) in [5.74, 6) is -12.1. The minimum Gasteiger partial charge on any atom is -0.508 e. The van der Waals surface area contributed by atoms with Crippen LogP contribution >= 0.6 is 12.6 Å². The number of aliphatic hydroxyl groups is 1. The Morgan fingerprint density at radius 3 is 1.44 bits per heavy atom. The average molecular weight is 1340 g/mol. The summed E-state index contributed by atoms with van der Waals surface area (Å²) in [4.78, 5) is 181. The second kappa shape index (κ2) is 38.3. The number of thiol groups is 1. The molecule has 0 aliphatic carbocycles. The van der Waals surface area contributed by atoms with E-state index in [0.29, 0.717) is 16.7 Å². The Morgan fingerprint density at radius 2 is 0.947 bits per heavy atom. The third kappa shape index (κ3) is 25.2. The van der Waals surface area contributed by atoms with E-state index in [9.17, 15) is 72.9 Å². The zero-order valence-corrected chi connectivity index (χ0v) is 55.4. The molecule has 0 bridgehead atoms. The van der Waals surface area contributed by atoms with Gasteiger partial charge in [-0.2, -0.15) is 12.6 Å². The minimum absolute atomic E-state index is 0.0663. The van der Waals surface area contributed by atoms with Gasteiger partial charge in [0.2, 0.25) is 70.9 Å². The van der Waals surface area contributed by atoms with Gasteiger partial charge in [0, 0.05) is 72.5 Å². The van der Waals surface area contributed by atoms with Gasteiger partial charge >= 0.3 is 5.97 Å². The van der Waals surface area contributed by atoms with Gasteiger partial charge in [0.1, 0.15) is 54.1 Å². The molecule has 0 fully saturated rings. The first-order valence-corrected chi connectivity index (χ1v) is 31.4. The molecule has 0 aliphatic rings. The van der Waals surface area contributed by atoms with Gasteiger partial charge in [0.25, 0.3) is 0 Å². The molecule has 12 N–H and O–H groups in total. The molecule has 9 atom stereocenters. The lowest BCUT2D eigenvalue weighted by Gasteiger charge is -2.34. The maximum Gasteiger partial charge on any atom is 0.303 e. The Labute approximate surface area is 557 Å². The van der Waals surface area contributed by atoms with E-state index < -0.39 is 170 Å². The highest BCUT2D eigenvalue weighted by Crippen LogP contribution is 2.18. The van der Waals surface area contributed by atoms with Gasteiger partial charge in [-0.15, -0.1) is 0 Å². The number of rotatable bonds is 37. The second-order valence-electron chi connectivity index (χ2n) is 23.3. The molecule has 0 spiro atoms. The molecule has 0 saturated heterocycles. The number of hydrogen-bond donors (Lipinski definition) is 12. The number of phenolic OH excluding ortho intramolecular Hbond substituents is 1. The fourth-order valence-electron chi connectivity index (χ4n) is 9.96. The standard InChI is InChI=1S/C66H88N12O16S/c1-9-53(82)69-47(31-41-19-13-10-14-20-41)60(88)74-57(39(2)3)62(90)71-46(29-30-56(85)86)63(91)75(5)36-54(83)70-48(32-44-25-27-45(80)28-26-44)64(92)78(8)51(34-43-23-17-12-18-24-43)65(93)76(6)37-55(84)73-58(40(4)79)66(94)77(7)50(33-42-21-15-11-16-22-42)61(89)72-49(38-95)59(87)68-35-52(67)81/h10-28,39-40,46-51,57-58,79-80,95H,9,29-38H2,1-8H3,(H2,67,81)(H,68,87)(H,69,82)(H,70,83)(H,71,90)(H,72,89)(H,73,84)(H,74,88)(H,85,86)/t40-,46+,47+,48+,49+,50+,51+,57+,58+/m1/s1. The lowest BCUT2D eigenvalue weighted by Crippen LogP contribution is -2.61. The lowest BCUT2D eigenvalue weighted by molar-refractivity contribution is -0.147. The maximum absolute atomic E-state index is 15.0. The summed E-state index contributed by atoms with van der Waals surface area (Å²) in [5.41, 5.74) is 7.46. The van der Waals surface area contributed by atoms with E-state index in [1.54, 1.807) is 112 Å². The molecule has 4 rings (SSSR count). The van der Waals surface area contributed by atoms with E-state index in [0.717, 1.165) is 25.2 Å². The highest BCUT2D eigenvalue weighted by Gasteiger charge is 2.39. The second-order valence-corrected chi connectivity index (χ2v) is 23.7. The van der Waals surface area contributed by atoms with Crippen LogP contribution in [0.5, 0.6) is 5.75 Å². The molecular formula is C66H88N12O16S. The van der Waals surface area contributed by atoms with Gasteiger partial charge in [-0.25, -0.2) is 0 Å². The number of carboxylic acids is 1. The fourth-order valence-corrected chi connectivity index (χ4v) is 10.2. The van der Waals surface area contributed by atoms with Gasteiger partial charge < -0.3 is 77.9 Å². The summed E-state index contributed by atoms with van der Waals surface area (Å²) in [6.07, 6.45) is -3.02. The molecule has 29 heteroatoms. The summed E-state index contributed by atoms with van der Waals surface area (Å²) in [7, 11) is 5.02. The number of benzene rings is 4. The number of carboxylic acid groups (broad SMARTS) is 1. The molecule has 0 heterocycles. The molecule has 0 unspecified atom stereocenters. The van der Waals surface area contributed by atoms with Crippen LogP contribution in [0.3, 0.4) is 0 Å². The number of hydrogen-bond acceptors (Lipinski definition) is 16. The molecule has 0 saturated carbocycles. The van der Waals surface area contributed by atoms with Crippen molar-refractivity contribution in [2.24, 2.45) is 11.7 Å². The largest absolute Gasteiger partial charge is 0.508 e. The predicted octanol–water partition coefficient (Wildman–Crippen LogP) is -1.01. The molecule has 4 aromatic rings. The summed E-state index contributed by atoms with van der Waals surface area (Å²) in [6, 6.07) is 20.2. The van der Waals surface area contributed by atoms with Crippen LogP contribution in [0.25, 0.3) is 0 Å². The first-order valence-electron chi connectivity index (χ1n) is 30.7.